The second-order valence-corrected chi connectivity index (χ2v) is 4.61. The molecule has 0 aromatic heterocycles. The Morgan fingerprint density at radius 1 is 1.00 bits per heavy atom. The predicted octanol–water partition coefficient (Wildman–Crippen LogP) is 3.35. The number of benzene rings is 2. The van der Waals surface area contributed by atoms with Crippen LogP contribution < -0.4 is 9.47 Å². The van der Waals surface area contributed by atoms with Crippen molar-refractivity contribution in [3.05, 3.63) is 59.2 Å². The van der Waals surface area contributed by atoms with Crippen molar-refractivity contribution in [2.75, 3.05) is 14.2 Å². The van der Waals surface area contributed by atoms with Gasteiger partial charge >= 0.3 is 0 Å². The van der Waals surface area contributed by atoms with Crippen LogP contribution in [0.2, 0.25) is 0 Å². The number of aliphatic hydroxyl groups is 1. The molecule has 1 atom stereocenters. The average molecular weight is 272 g/mol. The Balaban J connectivity index is 2.33. The van der Waals surface area contributed by atoms with Crippen LogP contribution in [0.3, 0.4) is 0 Å². The van der Waals surface area contributed by atoms with Crippen molar-refractivity contribution in [3.8, 4) is 11.5 Å². The van der Waals surface area contributed by atoms with E-state index in [0.29, 0.717) is 11.5 Å². The molecule has 3 nitrogen and oxygen atoms in total. The third kappa shape index (κ3) is 2.94. The molecule has 106 valence electrons. The Labute approximate surface area is 119 Å². The molecule has 2 rings (SSSR count). The molecule has 0 amide bonds. The van der Waals surface area contributed by atoms with Gasteiger partial charge in [0.2, 0.25) is 0 Å². The summed E-state index contributed by atoms with van der Waals surface area (Å²) in [5, 5.41) is 10.5. The molecule has 1 unspecified atom stereocenters. The van der Waals surface area contributed by atoms with Gasteiger partial charge in [0.05, 0.1) is 14.2 Å². The van der Waals surface area contributed by atoms with E-state index in [2.05, 4.69) is 6.92 Å². The molecule has 2 aromatic rings. The molecule has 0 saturated heterocycles. The maximum Gasteiger partial charge on any atom is 0.128 e. The minimum atomic E-state index is -0.707. The highest BCUT2D eigenvalue weighted by Crippen LogP contribution is 2.32. The van der Waals surface area contributed by atoms with Crippen molar-refractivity contribution < 1.29 is 14.6 Å². The molecule has 0 aliphatic carbocycles. The lowest BCUT2D eigenvalue weighted by molar-refractivity contribution is 0.214. The van der Waals surface area contributed by atoms with Gasteiger partial charge in [-0.25, -0.2) is 0 Å². The van der Waals surface area contributed by atoms with Crippen LogP contribution in [0.5, 0.6) is 11.5 Å². The maximum absolute atomic E-state index is 10.5. The number of hydrogen-bond donors (Lipinski definition) is 1. The van der Waals surface area contributed by atoms with Crippen LogP contribution in [0.1, 0.15) is 29.7 Å². The molecule has 2 aromatic carbocycles. The van der Waals surface area contributed by atoms with Gasteiger partial charge in [-0.3, -0.25) is 0 Å². The first-order valence-corrected chi connectivity index (χ1v) is 6.68. The lowest BCUT2D eigenvalue weighted by Crippen LogP contribution is -2.03. The summed E-state index contributed by atoms with van der Waals surface area (Å²) in [6.07, 6.45) is 0.282. The minimum Gasteiger partial charge on any atom is -0.497 e. The van der Waals surface area contributed by atoms with Gasteiger partial charge in [-0.1, -0.05) is 31.2 Å². The number of rotatable bonds is 5. The smallest absolute Gasteiger partial charge is 0.128 e. The zero-order valence-electron chi connectivity index (χ0n) is 12.1. The molecule has 0 spiro atoms. The van der Waals surface area contributed by atoms with Crippen LogP contribution in [-0.2, 0) is 6.42 Å². The van der Waals surface area contributed by atoms with Crippen LogP contribution >= 0.6 is 0 Å². The van der Waals surface area contributed by atoms with Gasteiger partial charge < -0.3 is 14.6 Å². The molecule has 0 heterocycles. The molecule has 3 heteroatoms. The number of ether oxygens (including phenoxy) is 2. The van der Waals surface area contributed by atoms with E-state index >= 15 is 0 Å². The Kier molecular flexibility index (Phi) is 4.64. The number of aliphatic hydroxyl groups excluding tert-OH is 1. The standard InChI is InChI=1S/C17H20O3/c1-4-12-5-7-13(8-6-12)17(18)15-10-9-14(19-2)11-16(15)20-3/h5-11,17-18H,4H2,1-3H3. The molecule has 0 bridgehead atoms. The molecule has 0 saturated carbocycles. The van der Waals surface area contributed by atoms with Crippen LogP contribution in [0.25, 0.3) is 0 Å². The topological polar surface area (TPSA) is 38.7 Å². The van der Waals surface area contributed by atoms with Gasteiger partial charge in [-0.15, -0.1) is 0 Å². The fraction of sp³-hybridized carbons (Fsp3) is 0.294. The first-order valence-electron chi connectivity index (χ1n) is 6.68. The highest BCUT2D eigenvalue weighted by Gasteiger charge is 2.16. The van der Waals surface area contributed by atoms with Crippen LogP contribution in [0.4, 0.5) is 0 Å². The second kappa shape index (κ2) is 6.44. The first-order chi connectivity index (χ1) is 9.69. The summed E-state index contributed by atoms with van der Waals surface area (Å²) in [6, 6.07) is 13.4. The van der Waals surface area contributed by atoms with Crippen molar-refractivity contribution in [2.45, 2.75) is 19.4 Å². The van der Waals surface area contributed by atoms with Crippen molar-refractivity contribution >= 4 is 0 Å². The van der Waals surface area contributed by atoms with Gasteiger partial charge in [0.1, 0.15) is 17.6 Å². The number of aryl methyl sites for hydroxylation is 1. The van der Waals surface area contributed by atoms with E-state index in [0.717, 1.165) is 17.5 Å². The molecular formula is C17H20O3. The summed E-state index contributed by atoms with van der Waals surface area (Å²) in [4.78, 5) is 0. The quantitative estimate of drug-likeness (QED) is 0.907. The normalized spacial score (nSPS) is 12.0. The van der Waals surface area contributed by atoms with Crippen molar-refractivity contribution in [3.63, 3.8) is 0 Å². The number of methoxy groups -OCH3 is 2. The van der Waals surface area contributed by atoms with Crippen molar-refractivity contribution in [2.24, 2.45) is 0 Å². The minimum absolute atomic E-state index is 0.622. The molecule has 0 fully saturated rings. The Hall–Kier alpha value is -2.00. The molecule has 0 radical (unpaired) electrons. The van der Waals surface area contributed by atoms with Crippen molar-refractivity contribution in [1.82, 2.24) is 0 Å². The SMILES string of the molecule is CCc1ccc(C(O)c2ccc(OC)cc2OC)cc1. The summed E-state index contributed by atoms with van der Waals surface area (Å²) in [5.74, 6) is 1.33. The maximum atomic E-state index is 10.5. The Morgan fingerprint density at radius 2 is 1.70 bits per heavy atom. The van der Waals surface area contributed by atoms with Gasteiger partial charge in [-0.2, -0.15) is 0 Å². The largest absolute Gasteiger partial charge is 0.497 e. The van der Waals surface area contributed by atoms with E-state index in [1.165, 1.54) is 5.56 Å². The highest BCUT2D eigenvalue weighted by molar-refractivity contribution is 5.45. The third-order valence-corrected chi connectivity index (χ3v) is 3.44. The lowest BCUT2D eigenvalue weighted by Gasteiger charge is -2.16. The monoisotopic (exact) mass is 272 g/mol. The Bertz CT molecular complexity index is 561. The van der Waals surface area contributed by atoms with Crippen LogP contribution in [-0.4, -0.2) is 19.3 Å². The second-order valence-electron chi connectivity index (χ2n) is 4.61. The van der Waals surface area contributed by atoms with Gasteiger partial charge in [0.15, 0.2) is 0 Å². The molecule has 1 N–H and O–H groups in total. The van der Waals surface area contributed by atoms with Crippen LogP contribution in [0.15, 0.2) is 42.5 Å². The lowest BCUT2D eigenvalue weighted by atomic mass is 9.99. The van der Waals surface area contributed by atoms with Crippen LogP contribution in [0, 0.1) is 0 Å². The molecule has 0 aliphatic rings. The Morgan fingerprint density at radius 3 is 2.25 bits per heavy atom. The van der Waals surface area contributed by atoms with Gasteiger partial charge in [0, 0.05) is 11.6 Å². The molecule has 20 heavy (non-hydrogen) atoms. The summed E-state index contributed by atoms with van der Waals surface area (Å²) < 4.78 is 10.5. The molecular weight excluding hydrogens is 252 g/mol. The van der Waals surface area contributed by atoms with E-state index in [-0.39, 0.29) is 0 Å². The summed E-state index contributed by atoms with van der Waals surface area (Å²) in [7, 11) is 3.19. The van der Waals surface area contributed by atoms with Gasteiger partial charge in [-0.05, 0) is 29.7 Å². The van der Waals surface area contributed by atoms with E-state index in [1.807, 2.05) is 36.4 Å². The zero-order chi connectivity index (χ0) is 14.5. The third-order valence-electron chi connectivity index (χ3n) is 3.44. The summed E-state index contributed by atoms with van der Waals surface area (Å²) in [6.45, 7) is 2.11. The summed E-state index contributed by atoms with van der Waals surface area (Å²) >= 11 is 0. The van der Waals surface area contributed by atoms with E-state index in [9.17, 15) is 5.11 Å². The fourth-order valence-electron chi connectivity index (χ4n) is 2.16. The average Bonchev–Trinajstić information content (AvgIpc) is 2.53. The van der Waals surface area contributed by atoms with Crippen molar-refractivity contribution in [1.29, 1.82) is 0 Å². The predicted molar refractivity (Wildman–Crippen MR) is 79.4 cm³/mol. The summed E-state index contributed by atoms with van der Waals surface area (Å²) in [5.41, 5.74) is 2.84. The zero-order valence-corrected chi connectivity index (χ0v) is 12.1. The fourth-order valence-corrected chi connectivity index (χ4v) is 2.16. The van der Waals surface area contributed by atoms with E-state index < -0.39 is 6.10 Å². The number of hydrogen-bond acceptors (Lipinski definition) is 3. The van der Waals surface area contributed by atoms with Gasteiger partial charge in [0.25, 0.3) is 0 Å². The highest BCUT2D eigenvalue weighted by atomic mass is 16.5. The first kappa shape index (κ1) is 14.4. The molecule has 0 aliphatic heterocycles. The van der Waals surface area contributed by atoms with E-state index in [1.54, 1.807) is 20.3 Å². The van der Waals surface area contributed by atoms with E-state index in [4.69, 9.17) is 9.47 Å².